The molecule has 0 saturated carbocycles. The first-order chi connectivity index (χ1) is 10.4. The molecule has 0 aromatic heterocycles. The van der Waals surface area contributed by atoms with Gasteiger partial charge in [0.15, 0.2) is 5.96 Å². The van der Waals surface area contributed by atoms with Crippen molar-refractivity contribution >= 4 is 41.7 Å². The van der Waals surface area contributed by atoms with Crippen LogP contribution in [0.1, 0.15) is 31.9 Å². The van der Waals surface area contributed by atoms with Crippen molar-refractivity contribution in [1.29, 1.82) is 5.26 Å². The highest BCUT2D eigenvalue weighted by Crippen LogP contribution is 2.19. The first-order valence-corrected chi connectivity index (χ1v) is 8.40. The van der Waals surface area contributed by atoms with E-state index < -0.39 is 0 Å². The van der Waals surface area contributed by atoms with Gasteiger partial charge in [0, 0.05) is 23.4 Å². The zero-order chi connectivity index (χ0) is 16.6. The molecule has 0 aliphatic heterocycles. The molecule has 23 heavy (non-hydrogen) atoms. The average molecular weight is 450 g/mol. The van der Waals surface area contributed by atoms with Gasteiger partial charge >= 0.3 is 0 Å². The highest BCUT2D eigenvalue weighted by atomic mass is 127. The third-order valence-electron chi connectivity index (χ3n) is 3.16. The lowest BCUT2D eigenvalue weighted by atomic mass is 10.1. The van der Waals surface area contributed by atoms with E-state index in [1.807, 2.05) is 13.0 Å². The van der Waals surface area contributed by atoms with Crippen LogP contribution in [0.15, 0.2) is 23.2 Å². The molecule has 0 aliphatic rings. The number of nitriles is 1. The molecule has 0 radical (unpaired) electrons. The van der Waals surface area contributed by atoms with Gasteiger partial charge in [-0.2, -0.15) is 17.0 Å². The van der Waals surface area contributed by atoms with E-state index in [0.717, 1.165) is 13.1 Å². The standard InChI is InChI=1S/C16H23FN4S.HI/c1-5-19-15(21-11-16(2,3)22-4)20-10-13-8-12(9-18)6-7-14(13)17;/h6-8H,5,10-11H2,1-4H3,(H2,19,20,21);1H. The Hall–Kier alpha value is -1.01. The first-order valence-electron chi connectivity index (χ1n) is 7.17. The van der Waals surface area contributed by atoms with Gasteiger partial charge < -0.3 is 10.6 Å². The lowest BCUT2D eigenvalue weighted by molar-refractivity contribution is 0.609. The van der Waals surface area contributed by atoms with E-state index in [4.69, 9.17) is 5.26 Å². The predicted molar refractivity (Wildman–Crippen MR) is 107 cm³/mol. The van der Waals surface area contributed by atoms with Crippen LogP contribution in [0.2, 0.25) is 0 Å². The molecule has 1 aromatic rings. The monoisotopic (exact) mass is 450 g/mol. The molecule has 0 unspecified atom stereocenters. The second-order valence-electron chi connectivity index (χ2n) is 5.43. The van der Waals surface area contributed by atoms with Crippen LogP contribution in [-0.4, -0.2) is 30.1 Å². The second-order valence-corrected chi connectivity index (χ2v) is 6.94. The van der Waals surface area contributed by atoms with Crippen molar-refractivity contribution in [2.45, 2.75) is 32.1 Å². The Balaban J connectivity index is 0.00000484. The van der Waals surface area contributed by atoms with Crippen molar-refractivity contribution in [1.82, 2.24) is 10.6 Å². The van der Waals surface area contributed by atoms with E-state index in [1.165, 1.54) is 18.2 Å². The third kappa shape index (κ3) is 7.88. The molecule has 128 valence electrons. The van der Waals surface area contributed by atoms with E-state index in [-0.39, 0.29) is 41.1 Å². The molecule has 2 N–H and O–H groups in total. The van der Waals surface area contributed by atoms with Gasteiger partial charge in [-0.25, -0.2) is 9.38 Å². The summed E-state index contributed by atoms with van der Waals surface area (Å²) in [5.41, 5.74) is 0.855. The molecule has 0 fully saturated rings. The quantitative estimate of drug-likeness (QED) is 0.396. The first kappa shape index (κ1) is 22.0. The van der Waals surface area contributed by atoms with Crippen LogP contribution < -0.4 is 10.6 Å². The Morgan fingerprint density at radius 1 is 1.39 bits per heavy atom. The molecular weight excluding hydrogens is 426 g/mol. The Morgan fingerprint density at radius 3 is 2.65 bits per heavy atom. The summed E-state index contributed by atoms with van der Waals surface area (Å²) in [5, 5.41) is 15.3. The van der Waals surface area contributed by atoms with E-state index in [1.54, 1.807) is 11.8 Å². The zero-order valence-electron chi connectivity index (χ0n) is 13.9. The Bertz CT molecular complexity index is 570. The zero-order valence-corrected chi connectivity index (χ0v) is 17.1. The van der Waals surface area contributed by atoms with Crippen molar-refractivity contribution < 1.29 is 4.39 Å². The van der Waals surface area contributed by atoms with Gasteiger partial charge in [-0.05, 0) is 45.2 Å². The normalized spacial score (nSPS) is 11.4. The summed E-state index contributed by atoms with van der Waals surface area (Å²) in [5.74, 6) is 0.300. The number of aliphatic imine (C=N–C) groups is 1. The molecule has 4 nitrogen and oxygen atoms in total. The molecule has 0 heterocycles. The fourth-order valence-electron chi connectivity index (χ4n) is 1.64. The molecule has 0 aliphatic carbocycles. The van der Waals surface area contributed by atoms with Crippen LogP contribution in [0.5, 0.6) is 0 Å². The molecule has 0 atom stereocenters. The number of benzene rings is 1. The van der Waals surface area contributed by atoms with Crippen molar-refractivity contribution in [2.75, 3.05) is 19.3 Å². The maximum absolute atomic E-state index is 13.7. The maximum Gasteiger partial charge on any atom is 0.191 e. The summed E-state index contributed by atoms with van der Waals surface area (Å²) in [6.45, 7) is 7.94. The van der Waals surface area contributed by atoms with Crippen LogP contribution in [0.25, 0.3) is 0 Å². The fraction of sp³-hybridized carbons (Fsp3) is 0.500. The van der Waals surface area contributed by atoms with Crippen LogP contribution in [-0.2, 0) is 6.54 Å². The van der Waals surface area contributed by atoms with E-state index in [2.05, 4.69) is 35.7 Å². The molecule has 0 saturated heterocycles. The summed E-state index contributed by atoms with van der Waals surface area (Å²) in [4.78, 5) is 4.39. The number of hydrogen-bond donors (Lipinski definition) is 2. The smallest absolute Gasteiger partial charge is 0.191 e. The largest absolute Gasteiger partial charge is 0.357 e. The molecule has 0 spiro atoms. The van der Waals surface area contributed by atoms with Gasteiger partial charge in [0.1, 0.15) is 5.82 Å². The topological polar surface area (TPSA) is 60.2 Å². The minimum atomic E-state index is -0.344. The van der Waals surface area contributed by atoms with Gasteiger partial charge in [-0.1, -0.05) is 0 Å². The lowest BCUT2D eigenvalue weighted by Crippen LogP contribution is -2.43. The number of hydrogen-bond acceptors (Lipinski definition) is 3. The molecule has 1 aromatic carbocycles. The van der Waals surface area contributed by atoms with Crippen LogP contribution >= 0.6 is 35.7 Å². The SMILES string of the molecule is CCNC(=NCc1cc(C#N)ccc1F)NCC(C)(C)SC.I. The number of nitrogens with one attached hydrogen (secondary N) is 2. The number of thioether (sulfide) groups is 1. The third-order valence-corrected chi connectivity index (χ3v) is 4.41. The fourth-order valence-corrected chi connectivity index (χ4v) is 1.86. The average Bonchev–Trinajstić information content (AvgIpc) is 2.51. The number of guanidine groups is 1. The number of rotatable bonds is 6. The maximum atomic E-state index is 13.7. The number of halogens is 2. The van der Waals surface area contributed by atoms with Crippen LogP contribution in [0, 0.1) is 17.1 Å². The van der Waals surface area contributed by atoms with Crippen LogP contribution in [0.4, 0.5) is 4.39 Å². The molecular formula is C16H24FIN4S. The summed E-state index contributed by atoms with van der Waals surface area (Å²) in [6, 6.07) is 6.32. The summed E-state index contributed by atoms with van der Waals surface area (Å²) in [7, 11) is 0. The molecule has 7 heteroatoms. The van der Waals surface area contributed by atoms with Crippen LogP contribution in [0.3, 0.4) is 0 Å². The molecule has 0 amide bonds. The Morgan fingerprint density at radius 2 is 2.09 bits per heavy atom. The minimum Gasteiger partial charge on any atom is -0.357 e. The van der Waals surface area contributed by atoms with E-state index in [0.29, 0.717) is 17.1 Å². The Labute approximate surface area is 159 Å². The van der Waals surface area contributed by atoms with E-state index >= 15 is 0 Å². The highest BCUT2D eigenvalue weighted by Gasteiger charge is 2.16. The molecule has 0 bridgehead atoms. The molecule has 1 rings (SSSR count). The summed E-state index contributed by atoms with van der Waals surface area (Å²) < 4.78 is 13.8. The van der Waals surface area contributed by atoms with Crippen molar-refractivity contribution in [3.63, 3.8) is 0 Å². The van der Waals surface area contributed by atoms with Crippen molar-refractivity contribution in [3.05, 3.63) is 35.1 Å². The van der Waals surface area contributed by atoms with Gasteiger partial charge in [-0.3, -0.25) is 0 Å². The number of nitrogens with zero attached hydrogens (tertiary/aromatic N) is 2. The second kappa shape index (κ2) is 10.7. The summed E-state index contributed by atoms with van der Waals surface area (Å²) >= 11 is 1.77. The van der Waals surface area contributed by atoms with Crippen molar-refractivity contribution in [2.24, 2.45) is 4.99 Å². The highest BCUT2D eigenvalue weighted by molar-refractivity contribution is 14.0. The van der Waals surface area contributed by atoms with E-state index in [9.17, 15) is 4.39 Å². The Kier molecular flexibility index (Phi) is 10.2. The summed E-state index contributed by atoms with van der Waals surface area (Å²) in [6.07, 6.45) is 2.06. The minimum absolute atomic E-state index is 0. The van der Waals surface area contributed by atoms with Crippen molar-refractivity contribution in [3.8, 4) is 6.07 Å². The van der Waals surface area contributed by atoms with Gasteiger partial charge in [0.05, 0.1) is 18.2 Å². The van der Waals surface area contributed by atoms with Gasteiger partial charge in [0.2, 0.25) is 0 Å². The lowest BCUT2D eigenvalue weighted by Gasteiger charge is -2.23. The van der Waals surface area contributed by atoms with Gasteiger partial charge in [0.25, 0.3) is 0 Å². The van der Waals surface area contributed by atoms with Gasteiger partial charge in [-0.15, -0.1) is 24.0 Å². The predicted octanol–water partition coefficient (Wildman–Crippen LogP) is 3.51.